The van der Waals surface area contributed by atoms with Crippen LogP contribution in [-0.4, -0.2) is 14.6 Å². The molecule has 4 heteroatoms. The zero-order valence-corrected chi connectivity index (χ0v) is 10.3. The molecular formula is C11H15N3S. The Hall–Kier alpha value is -1.03. The van der Waals surface area contributed by atoms with E-state index in [1.54, 1.807) is 11.5 Å². The zero-order valence-electron chi connectivity index (χ0n) is 9.48. The van der Waals surface area contributed by atoms with E-state index in [-0.39, 0.29) is 0 Å². The van der Waals surface area contributed by atoms with E-state index in [0.29, 0.717) is 11.8 Å². The summed E-state index contributed by atoms with van der Waals surface area (Å²) in [5, 5.41) is 9.44. The molecule has 0 saturated heterocycles. The van der Waals surface area contributed by atoms with Crippen LogP contribution in [0.25, 0.3) is 10.1 Å². The Bertz CT molecular complexity index is 474. The lowest BCUT2D eigenvalue weighted by molar-refractivity contribution is 0.799. The molecular weight excluding hydrogens is 206 g/mol. The summed E-state index contributed by atoms with van der Waals surface area (Å²) in [6.07, 6.45) is 1.83. The molecule has 2 aromatic rings. The normalized spacial score (nSPS) is 11.9. The maximum absolute atomic E-state index is 4.50. The molecule has 0 spiro atoms. The van der Waals surface area contributed by atoms with E-state index >= 15 is 0 Å². The molecule has 0 fully saturated rings. The molecule has 0 atom stereocenters. The van der Waals surface area contributed by atoms with Crippen molar-refractivity contribution >= 4 is 21.6 Å². The van der Waals surface area contributed by atoms with E-state index in [0.717, 1.165) is 11.4 Å². The molecule has 0 N–H and O–H groups in total. The Morgan fingerprint density at radius 3 is 2.33 bits per heavy atom. The first-order chi connectivity index (χ1) is 7.11. The van der Waals surface area contributed by atoms with Crippen LogP contribution in [0, 0.1) is 0 Å². The number of fused-ring (bicyclic) bond motifs is 1. The number of nitrogens with zero attached hydrogens (tertiary/aromatic N) is 3. The third kappa shape index (κ3) is 1.74. The molecule has 2 rings (SSSR count). The van der Waals surface area contributed by atoms with Gasteiger partial charge in [0.1, 0.15) is 0 Å². The van der Waals surface area contributed by atoms with Crippen molar-refractivity contribution in [2.45, 2.75) is 39.5 Å². The Morgan fingerprint density at radius 2 is 1.73 bits per heavy atom. The Balaban J connectivity index is 2.69. The predicted octanol–water partition coefficient (Wildman–Crippen LogP) is 3.33. The molecule has 0 bridgehead atoms. The van der Waals surface area contributed by atoms with Crippen LogP contribution in [0.15, 0.2) is 6.20 Å². The van der Waals surface area contributed by atoms with E-state index in [1.807, 2.05) is 6.20 Å². The zero-order chi connectivity index (χ0) is 11.0. The molecule has 0 aromatic carbocycles. The minimum absolute atomic E-state index is 0.404. The van der Waals surface area contributed by atoms with Crippen molar-refractivity contribution in [2.75, 3.05) is 0 Å². The van der Waals surface area contributed by atoms with Crippen molar-refractivity contribution < 1.29 is 0 Å². The van der Waals surface area contributed by atoms with Crippen molar-refractivity contribution in [1.29, 1.82) is 0 Å². The first-order valence-corrected chi connectivity index (χ1v) is 5.99. The quantitative estimate of drug-likeness (QED) is 0.780. The second-order valence-electron chi connectivity index (χ2n) is 4.35. The smallest absolute Gasteiger partial charge is 0.0850 e. The van der Waals surface area contributed by atoms with Crippen LogP contribution in [0.1, 0.15) is 50.9 Å². The van der Waals surface area contributed by atoms with Gasteiger partial charge in [-0.1, -0.05) is 27.7 Å². The van der Waals surface area contributed by atoms with Crippen LogP contribution in [0.4, 0.5) is 0 Å². The van der Waals surface area contributed by atoms with E-state index in [2.05, 4.69) is 42.3 Å². The largest absolute Gasteiger partial charge is 0.196 e. The summed E-state index contributed by atoms with van der Waals surface area (Å²) in [4.78, 5) is 0. The van der Waals surface area contributed by atoms with E-state index in [9.17, 15) is 0 Å². The molecule has 3 nitrogen and oxygen atoms in total. The Kier molecular flexibility index (Phi) is 2.69. The third-order valence-electron chi connectivity index (χ3n) is 2.43. The van der Waals surface area contributed by atoms with Crippen LogP contribution >= 0.6 is 11.5 Å². The summed E-state index contributed by atoms with van der Waals surface area (Å²) >= 11 is 1.54. The Morgan fingerprint density at radius 1 is 1.07 bits per heavy atom. The molecule has 0 aliphatic heterocycles. The second-order valence-corrected chi connectivity index (χ2v) is 5.12. The van der Waals surface area contributed by atoms with Gasteiger partial charge in [-0.2, -0.15) is 14.6 Å². The first kappa shape index (κ1) is 10.5. The van der Waals surface area contributed by atoms with Crippen LogP contribution < -0.4 is 0 Å². The van der Waals surface area contributed by atoms with Gasteiger partial charge in [0, 0.05) is 5.39 Å². The summed E-state index contributed by atoms with van der Waals surface area (Å²) in [6.45, 7) is 8.59. The standard InChI is InChI=1S/C11H15N3S/c1-6(2)9-8-5-12-13-10(7(3)4)11(8)15-14-9/h5-7H,1-4H3. The molecule has 0 aliphatic carbocycles. The number of hydrogen-bond acceptors (Lipinski definition) is 4. The molecule has 0 saturated carbocycles. The molecule has 0 aliphatic rings. The SMILES string of the molecule is CC(C)c1nsc2c(C(C)C)nncc12. The van der Waals surface area contributed by atoms with Gasteiger partial charge in [-0.25, -0.2) is 0 Å². The molecule has 0 radical (unpaired) electrons. The van der Waals surface area contributed by atoms with Crippen LogP contribution in [-0.2, 0) is 0 Å². The fourth-order valence-corrected chi connectivity index (χ4v) is 2.73. The van der Waals surface area contributed by atoms with Gasteiger partial charge in [0.2, 0.25) is 0 Å². The monoisotopic (exact) mass is 221 g/mol. The lowest BCUT2D eigenvalue weighted by Gasteiger charge is -2.04. The third-order valence-corrected chi connectivity index (χ3v) is 3.33. The number of hydrogen-bond donors (Lipinski definition) is 0. The van der Waals surface area contributed by atoms with Crippen molar-refractivity contribution in [2.24, 2.45) is 0 Å². The summed E-state index contributed by atoms with van der Waals surface area (Å²) in [7, 11) is 0. The fraction of sp³-hybridized carbons (Fsp3) is 0.545. The van der Waals surface area contributed by atoms with E-state index in [4.69, 9.17) is 0 Å². The van der Waals surface area contributed by atoms with E-state index in [1.165, 1.54) is 10.1 Å². The summed E-state index contributed by atoms with van der Waals surface area (Å²) in [5.74, 6) is 0.852. The van der Waals surface area contributed by atoms with Gasteiger partial charge < -0.3 is 0 Å². The van der Waals surface area contributed by atoms with Gasteiger partial charge >= 0.3 is 0 Å². The van der Waals surface area contributed by atoms with Gasteiger partial charge in [-0.15, -0.1) is 0 Å². The molecule has 0 unspecified atom stereocenters. The highest BCUT2D eigenvalue weighted by Gasteiger charge is 2.15. The van der Waals surface area contributed by atoms with Crippen molar-refractivity contribution in [3.63, 3.8) is 0 Å². The Labute approximate surface area is 93.7 Å². The van der Waals surface area contributed by atoms with E-state index < -0.39 is 0 Å². The topological polar surface area (TPSA) is 38.7 Å². The van der Waals surface area contributed by atoms with Crippen molar-refractivity contribution in [1.82, 2.24) is 14.6 Å². The lowest BCUT2D eigenvalue weighted by Crippen LogP contribution is -1.95. The molecule has 15 heavy (non-hydrogen) atoms. The first-order valence-electron chi connectivity index (χ1n) is 5.22. The highest BCUT2D eigenvalue weighted by molar-refractivity contribution is 7.13. The summed E-state index contributed by atoms with van der Waals surface area (Å²) in [6, 6.07) is 0. The lowest BCUT2D eigenvalue weighted by atomic mass is 10.1. The highest BCUT2D eigenvalue weighted by Crippen LogP contribution is 2.31. The molecule has 0 amide bonds. The van der Waals surface area contributed by atoms with Crippen LogP contribution in [0.2, 0.25) is 0 Å². The summed E-state index contributed by atoms with van der Waals surface area (Å²) < 4.78 is 5.70. The van der Waals surface area contributed by atoms with Gasteiger partial charge in [0.25, 0.3) is 0 Å². The van der Waals surface area contributed by atoms with Gasteiger partial charge in [-0.3, -0.25) is 0 Å². The van der Waals surface area contributed by atoms with Gasteiger partial charge in [0.15, 0.2) is 0 Å². The second kappa shape index (κ2) is 3.85. The van der Waals surface area contributed by atoms with Gasteiger partial charge in [-0.05, 0) is 23.4 Å². The molecule has 80 valence electrons. The minimum atomic E-state index is 0.404. The highest BCUT2D eigenvalue weighted by atomic mass is 32.1. The number of rotatable bonds is 2. The fourth-order valence-electron chi connectivity index (χ4n) is 1.61. The van der Waals surface area contributed by atoms with Crippen molar-refractivity contribution in [3.8, 4) is 0 Å². The molecule has 2 heterocycles. The van der Waals surface area contributed by atoms with Crippen LogP contribution in [0.5, 0.6) is 0 Å². The molecule has 2 aromatic heterocycles. The van der Waals surface area contributed by atoms with Gasteiger partial charge in [0.05, 0.1) is 22.3 Å². The maximum Gasteiger partial charge on any atom is 0.0850 e. The number of aromatic nitrogens is 3. The van der Waals surface area contributed by atoms with Crippen molar-refractivity contribution in [3.05, 3.63) is 17.6 Å². The average molecular weight is 221 g/mol. The van der Waals surface area contributed by atoms with Crippen LogP contribution in [0.3, 0.4) is 0 Å². The minimum Gasteiger partial charge on any atom is -0.196 e. The average Bonchev–Trinajstić information content (AvgIpc) is 2.59. The maximum atomic E-state index is 4.50. The summed E-state index contributed by atoms with van der Waals surface area (Å²) in [5.41, 5.74) is 2.21. The predicted molar refractivity (Wildman–Crippen MR) is 63.4 cm³/mol.